The Morgan fingerprint density at radius 2 is 2.00 bits per heavy atom. The van der Waals surface area contributed by atoms with Crippen molar-refractivity contribution < 1.29 is 13.9 Å². The van der Waals surface area contributed by atoms with Gasteiger partial charge in [0.15, 0.2) is 0 Å². The summed E-state index contributed by atoms with van der Waals surface area (Å²) in [5.41, 5.74) is 0.592. The Morgan fingerprint density at radius 1 is 1.19 bits per heavy atom. The van der Waals surface area contributed by atoms with Crippen molar-refractivity contribution in [2.45, 2.75) is 0 Å². The molecule has 0 saturated heterocycles. The number of nitrogens with zero attached hydrogens (tertiary/aromatic N) is 1. The van der Waals surface area contributed by atoms with Crippen LogP contribution >= 0.6 is 0 Å². The number of benzene rings is 2. The number of H-pyrrole nitrogens is 1. The molecule has 0 spiro atoms. The number of pyridine rings is 1. The minimum Gasteiger partial charge on any atom is -0.492 e. The smallest absolute Gasteiger partial charge is 0.256 e. The second kappa shape index (κ2) is 8.01. The number of likely N-dealkylation sites (N-methyl/N-ethyl adjacent to an activating group) is 1. The highest BCUT2D eigenvalue weighted by atomic mass is 19.1. The molecule has 140 valence electrons. The summed E-state index contributed by atoms with van der Waals surface area (Å²) in [7, 11) is 3.91. The number of amides is 1. The van der Waals surface area contributed by atoms with E-state index >= 15 is 0 Å². The number of hydrogen-bond donors (Lipinski definition) is 2. The molecule has 27 heavy (non-hydrogen) atoms. The predicted octanol–water partition coefficient (Wildman–Crippen LogP) is 2.86. The Labute approximate surface area is 155 Å². The lowest BCUT2D eigenvalue weighted by Gasteiger charge is -2.12. The van der Waals surface area contributed by atoms with E-state index in [1.807, 2.05) is 19.0 Å². The van der Waals surface area contributed by atoms with Crippen LogP contribution in [0.2, 0.25) is 0 Å². The third-order valence-electron chi connectivity index (χ3n) is 3.95. The highest BCUT2D eigenvalue weighted by Crippen LogP contribution is 2.21. The molecular formula is C20H20FN3O3. The molecule has 0 unspecified atom stereocenters. The maximum Gasteiger partial charge on any atom is 0.256 e. The van der Waals surface area contributed by atoms with Crippen molar-refractivity contribution in [3.8, 4) is 5.75 Å². The van der Waals surface area contributed by atoms with E-state index in [9.17, 15) is 14.0 Å². The predicted molar refractivity (Wildman–Crippen MR) is 103 cm³/mol. The quantitative estimate of drug-likeness (QED) is 0.701. The van der Waals surface area contributed by atoms with E-state index < -0.39 is 17.3 Å². The number of anilines is 1. The summed E-state index contributed by atoms with van der Waals surface area (Å²) < 4.78 is 19.2. The van der Waals surface area contributed by atoms with Gasteiger partial charge in [-0.15, -0.1) is 0 Å². The van der Waals surface area contributed by atoms with Gasteiger partial charge in [0.25, 0.3) is 5.91 Å². The van der Waals surface area contributed by atoms with E-state index in [2.05, 4.69) is 10.3 Å². The lowest BCUT2D eigenvalue weighted by atomic mass is 10.1. The van der Waals surface area contributed by atoms with E-state index in [1.54, 1.807) is 24.3 Å². The monoisotopic (exact) mass is 369 g/mol. The summed E-state index contributed by atoms with van der Waals surface area (Å²) in [6.45, 7) is 1.28. The SMILES string of the molecule is CN(C)CCOc1cccc(NC(=O)c2cc(=O)[nH]c3ccc(F)cc23)c1. The lowest BCUT2D eigenvalue weighted by molar-refractivity contribution is 0.102. The molecule has 0 aliphatic heterocycles. The van der Waals surface area contributed by atoms with Crippen LogP contribution in [-0.2, 0) is 0 Å². The fourth-order valence-electron chi connectivity index (χ4n) is 2.62. The van der Waals surface area contributed by atoms with Crippen molar-refractivity contribution in [3.05, 3.63) is 70.3 Å². The average molecular weight is 369 g/mol. The highest BCUT2D eigenvalue weighted by Gasteiger charge is 2.13. The van der Waals surface area contributed by atoms with Crippen LogP contribution in [-0.4, -0.2) is 43.0 Å². The Hall–Kier alpha value is -3.19. The average Bonchev–Trinajstić information content (AvgIpc) is 2.61. The topological polar surface area (TPSA) is 74.4 Å². The van der Waals surface area contributed by atoms with Crippen LogP contribution in [0.25, 0.3) is 10.9 Å². The third kappa shape index (κ3) is 4.71. The Morgan fingerprint density at radius 3 is 2.78 bits per heavy atom. The van der Waals surface area contributed by atoms with Gasteiger partial charge >= 0.3 is 0 Å². The van der Waals surface area contributed by atoms with Crippen molar-refractivity contribution in [3.63, 3.8) is 0 Å². The van der Waals surface area contributed by atoms with Gasteiger partial charge in [0.2, 0.25) is 5.56 Å². The number of nitrogens with one attached hydrogen (secondary N) is 2. The summed E-state index contributed by atoms with van der Waals surface area (Å²) in [5, 5.41) is 3.07. The Kier molecular flexibility index (Phi) is 5.52. The maximum absolute atomic E-state index is 13.6. The zero-order chi connectivity index (χ0) is 19.4. The van der Waals surface area contributed by atoms with Crippen LogP contribution in [0.1, 0.15) is 10.4 Å². The van der Waals surface area contributed by atoms with E-state index in [0.717, 1.165) is 12.6 Å². The maximum atomic E-state index is 13.6. The van der Waals surface area contributed by atoms with Gasteiger partial charge in [-0.25, -0.2) is 4.39 Å². The number of aromatic nitrogens is 1. The molecule has 0 aliphatic carbocycles. The van der Waals surface area contributed by atoms with Gasteiger partial charge in [-0.2, -0.15) is 0 Å². The number of halogens is 1. The number of fused-ring (bicyclic) bond motifs is 1. The van der Waals surface area contributed by atoms with Crippen LogP contribution in [0.5, 0.6) is 5.75 Å². The van der Waals surface area contributed by atoms with E-state index in [4.69, 9.17) is 4.74 Å². The van der Waals surface area contributed by atoms with Crippen LogP contribution in [0.4, 0.5) is 10.1 Å². The fourth-order valence-corrected chi connectivity index (χ4v) is 2.62. The number of carbonyl (C=O) groups excluding carboxylic acids is 1. The normalized spacial score (nSPS) is 11.0. The fraction of sp³-hybridized carbons (Fsp3) is 0.200. The molecule has 0 radical (unpaired) electrons. The molecule has 0 fully saturated rings. The molecular weight excluding hydrogens is 349 g/mol. The van der Waals surface area contributed by atoms with Crippen LogP contribution in [0, 0.1) is 5.82 Å². The van der Waals surface area contributed by atoms with Crippen LogP contribution in [0.15, 0.2) is 53.3 Å². The lowest BCUT2D eigenvalue weighted by Crippen LogP contribution is -2.19. The standard InChI is InChI=1S/C20H20FN3O3/c1-24(2)8-9-27-15-5-3-4-14(11-15)22-20(26)17-12-19(25)23-18-7-6-13(21)10-16(17)18/h3-7,10-12H,8-9H2,1-2H3,(H,22,26)(H,23,25). The molecule has 1 aromatic heterocycles. The van der Waals surface area contributed by atoms with Gasteiger partial charge in [0.05, 0.1) is 5.56 Å². The highest BCUT2D eigenvalue weighted by molar-refractivity contribution is 6.12. The van der Waals surface area contributed by atoms with Gasteiger partial charge in [-0.05, 0) is 44.4 Å². The van der Waals surface area contributed by atoms with E-state index in [-0.39, 0.29) is 5.56 Å². The van der Waals surface area contributed by atoms with Gasteiger partial charge in [-0.3, -0.25) is 9.59 Å². The largest absolute Gasteiger partial charge is 0.492 e. The first kappa shape index (κ1) is 18.6. The van der Waals surface area contributed by atoms with Crippen molar-refractivity contribution >= 4 is 22.5 Å². The van der Waals surface area contributed by atoms with Gasteiger partial charge in [-0.1, -0.05) is 6.07 Å². The second-order valence-corrected chi connectivity index (χ2v) is 6.37. The van der Waals surface area contributed by atoms with Crippen LogP contribution < -0.4 is 15.6 Å². The first-order chi connectivity index (χ1) is 12.9. The molecule has 2 aromatic carbocycles. The third-order valence-corrected chi connectivity index (χ3v) is 3.95. The molecule has 2 N–H and O–H groups in total. The first-order valence-electron chi connectivity index (χ1n) is 8.44. The molecule has 0 atom stereocenters. The van der Waals surface area contributed by atoms with Crippen molar-refractivity contribution in [2.75, 3.05) is 32.6 Å². The van der Waals surface area contributed by atoms with Gasteiger partial charge in [0.1, 0.15) is 18.2 Å². The molecule has 3 aromatic rings. The first-order valence-corrected chi connectivity index (χ1v) is 8.44. The number of ether oxygens (including phenoxy) is 1. The molecule has 0 saturated carbocycles. The molecule has 0 aliphatic rings. The van der Waals surface area contributed by atoms with Crippen LogP contribution in [0.3, 0.4) is 0 Å². The summed E-state index contributed by atoms with van der Waals surface area (Å²) in [5.74, 6) is -0.363. The van der Waals surface area contributed by atoms with Gasteiger partial charge < -0.3 is 19.9 Å². The molecule has 0 bridgehead atoms. The zero-order valence-electron chi connectivity index (χ0n) is 15.1. The molecule has 1 heterocycles. The van der Waals surface area contributed by atoms with Crippen molar-refractivity contribution in [2.24, 2.45) is 0 Å². The van der Waals surface area contributed by atoms with E-state index in [0.29, 0.717) is 28.9 Å². The molecule has 7 heteroatoms. The van der Waals surface area contributed by atoms with E-state index in [1.165, 1.54) is 18.2 Å². The van der Waals surface area contributed by atoms with Gasteiger partial charge in [0, 0.05) is 35.3 Å². The number of rotatable bonds is 6. The molecule has 3 rings (SSSR count). The number of aromatic amines is 1. The number of hydrogen-bond acceptors (Lipinski definition) is 4. The Balaban J connectivity index is 1.83. The summed E-state index contributed by atoms with van der Waals surface area (Å²) >= 11 is 0. The minimum absolute atomic E-state index is 0.104. The Bertz CT molecular complexity index is 1030. The zero-order valence-corrected chi connectivity index (χ0v) is 15.1. The summed E-state index contributed by atoms with van der Waals surface area (Å²) in [4.78, 5) is 29.1. The minimum atomic E-state index is -0.498. The molecule has 1 amide bonds. The van der Waals surface area contributed by atoms with Crippen molar-refractivity contribution in [1.29, 1.82) is 0 Å². The number of carbonyl (C=O) groups is 1. The molecule has 6 nitrogen and oxygen atoms in total. The summed E-state index contributed by atoms with van der Waals surface area (Å²) in [6, 6.07) is 12.0. The second-order valence-electron chi connectivity index (χ2n) is 6.37. The summed E-state index contributed by atoms with van der Waals surface area (Å²) in [6.07, 6.45) is 0. The van der Waals surface area contributed by atoms with Crippen molar-refractivity contribution in [1.82, 2.24) is 9.88 Å².